The second kappa shape index (κ2) is 8.12. The quantitative estimate of drug-likeness (QED) is 0.627. The van der Waals surface area contributed by atoms with Gasteiger partial charge in [0.05, 0.1) is 5.60 Å². The molecule has 1 N–H and O–H groups in total. The van der Waals surface area contributed by atoms with Gasteiger partial charge in [0.15, 0.2) is 0 Å². The molecule has 2 nitrogen and oxygen atoms in total. The fourth-order valence-electron chi connectivity index (χ4n) is 1.42. The molecule has 15 heavy (non-hydrogen) atoms. The minimum atomic E-state index is 0.0199. The lowest BCUT2D eigenvalue weighted by Gasteiger charge is -2.19. The van der Waals surface area contributed by atoms with Crippen LogP contribution in [0.3, 0.4) is 0 Å². The Morgan fingerprint density at radius 2 is 1.87 bits per heavy atom. The third kappa shape index (κ3) is 11.8. The molecule has 0 rings (SSSR count). The molecule has 2 heteroatoms. The van der Waals surface area contributed by atoms with Gasteiger partial charge in [0, 0.05) is 12.6 Å². The van der Waals surface area contributed by atoms with E-state index in [1.54, 1.807) is 0 Å². The van der Waals surface area contributed by atoms with Crippen LogP contribution in [0.2, 0.25) is 0 Å². The molecule has 0 aliphatic heterocycles. The van der Waals surface area contributed by atoms with Gasteiger partial charge in [-0.2, -0.15) is 0 Å². The number of ether oxygens (including phenoxy) is 1. The second-order valence-corrected chi connectivity index (χ2v) is 5.31. The Hall–Kier alpha value is -0.0800. The molecule has 92 valence electrons. The molecule has 0 saturated heterocycles. The fourth-order valence-corrected chi connectivity index (χ4v) is 1.42. The van der Waals surface area contributed by atoms with Crippen molar-refractivity contribution in [3.05, 3.63) is 0 Å². The molecule has 0 fully saturated rings. The predicted molar refractivity (Wildman–Crippen MR) is 67.3 cm³/mol. The first kappa shape index (κ1) is 14.9. The summed E-state index contributed by atoms with van der Waals surface area (Å²) in [5.41, 5.74) is 0.0199. The van der Waals surface area contributed by atoms with Crippen molar-refractivity contribution in [2.45, 2.75) is 71.9 Å². The topological polar surface area (TPSA) is 21.3 Å². The molecule has 0 aliphatic rings. The van der Waals surface area contributed by atoms with Crippen molar-refractivity contribution in [2.75, 3.05) is 13.2 Å². The van der Waals surface area contributed by atoms with E-state index in [0.717, 1.165) is 13.2 Å². The molecule has 0 heterocycles. The third-order valence-electron chi connectivity index (χ3n) is 2.31. The van der Waals surface area contributed by atoms with Crippen LogP contribution in [-0.4, -0.2) is 24.8 Å². The lowest BCUT2D eigenvalue weighted by Crippen LogP contribution is -2.26. The van der Waals surface area contributed by atoms with E-state index in [4.69, 9.17) is 4.74 Å². The van der Waals surface area contributed by atoms with E-state index < -0.39 is 0 Å². The van der Waals surface area contributed by atoms with Crippen LogP contribution in [0.1, 0.15) is 60.3 Å². The molecule has 1 unspecified atom stereocenters. The van der Waals surface area contributed by atoms with Crippen LogP contribution in [0.5, 0.6) is 0 Å². The molecule has 0 aromatic heterocycles. The maximum Gasteiger partial charge on any atom is 0.0598 e. The van der Waals surface area contributed by atoms with Gasteiger partial charge in [-0.3, -0.25) is 0 Å². The van der Waals surface area contributed by atoms with Gasteiger partial charge >= 0.3 is 0 Å². The SMILES string of the molecule is CCCNC(C)CCCCOC(C)(C)C. The van der Waals surface area contributed by atoms with Gasteiger partial charge in [0.2, 0.25) is 0 Å². The number of nitrogens with one attached hydrogen (secondary N) is 1. The molecular formula is C13H29NO. The van der Waals surface area contributed by atoms with E-state index in [-0.39, 0.29) is 5.60 Å². The summed E-state index contributed by atoms with van der Waals surface area (Å²) < 4.78 is 5.67. The molecule has 0 saturated carbocycles. The summed E-state index contributed by atoms with van der Waals surface area (Å²) in [7, 11) is 0. The Morgan fingerprint density at radius 1 is 1.20 bits per heavy atom. The van der Waals surface area contributed by atoms with Gasteiger partial charge in [-0.05, 0) is 59.9 Å². The van der Waals surface area contributed by atoms with E-state index in [1.807, 2.05) is 0 Å². The van der Waals surface area contributed by atoms with Crippen LogP contribution in [0.25, 0.3) is 0 Å². The first-order valence-corrected chi connectivity index (χ1v) is 6.33. The van der Waals surface area contributed by atoms with Crippen LogP contribution < -0.4 is 5.32 Å². The van der Waals surface area contributed by atoms with Gasteiger partial charge in [0.25, 0.3) is 0 Å². The van der Waals surface area contributed by atoms with Gasteiger partial charge < -0.3 is 10.1 Å². The summed E-state index contributed by atoms with van der Waals surface area (Å²) in [5, 5.41) is 3.50. The monoisotopic (exact) mass is 215 g/mol. The maximum absolute atomic E-state index is 5.67. The summed E-state index contributed by atoms with van der Waals surface area (Å²) in [5.74, 6) is 0. The zero-order chi connectivity index (χ0) is 11.7. The van der Waals surface area contributed by atoms with E-state index >= 15 is 0 Å². The first-order valence-electron chi connectivity index (χ1n) is 6.33. The van der Waals surface area contributed by atoms with E-state index in [0.29, 0.717) is 6.04 Å². The zero-order valence-corrected chi connectivity index (χ0v) is 11.2. The van der Waals surface area contributed by atoms with Gasteiger partial charge in [0.1, 0.15) is 0 Å². The van der Waals surface area contributed by atoms with Crippen LogP contribution in [0, 0.1) is 0 Å². The van der Waals surface area contributed by atoms with Crippen molar-refractivity contribution in [3.63, 3.8) is 0 Å². The lowest BCUT2D eigenvalue weighted by atomic mass is 10.1. The maximum atomic E-state index is 5.67. The first-order chi connectivity index (χ1) is 6.95. The van der Waals surface area contributed by atoms with Crippen molar-refractivity contribution in [1.82, 2.24) is 5.32 Å². The lowest BCUT2D eigenvalue weighted by molar-refractivity contribution is -0.00485. The highest BCUT2D eigenvalue weighted by Crippen LogP contribution is 2.09. The highest BCUT2D eigenvalue weighted by atomic mass is 16.5. The van der Waals surface area contributed by atoms with Crippen molar-refractivity contribution in [1.29, 1.82) is 0 Å². The fraction of sp³-hybridized carbons (Fsp3) is 1.00. The summed E-state index contributed by atoms with van der Waals surface area (Å²) in [6.07, 6.45) is 4.91. The largest absolute Gasteiger partial charge is 0.376 e. The van der Waals surface area contributed by atoms with E-state index in [1.165, 1.54) is 25.7 Å². The van der Waals surface area contributed by atoms with Gasteiger partial charge in [-0.1, -0.05) is 6.92 Å². The highest BCUT2D eigenvalue weighted by Gasteiger charge is 2.09. The molecule has 0 bridgehead atoms. The summed E-state index contributed by atoms with van der Waals surface area (Å²) in [4.78, 5) is 0. The van der Waals surface area contributed by atoms with Gasteiger partial charge in [-0.25, -0.2) is 0 Å². The van der Waals surface area contributed by atoms with Crippen LogP contribution in [0.4, 0.5) is 0 Å². The van der Waals surface area contributed by atoms with Crippen molar-refractivity contribution < 1.29 is 4.74 Å². The molecule has 0 amide bonds. The normalized spacial score (nSPS) is 14.2. The zero-order valence-electron chi connectivity index (χ0n) is 11.2. The average molecular weight is 215 g/mol. The van der Waals surface area contributed by atoms with Crippen molar-refractivity contribution >= 4 is 0 Å². The van der Waals surface area contributed by atoms with Gasteiger partial charge in [-0.15, -0.1) is 0 Å². The summed E-state index contributed by atoms with van der Waals surface area (Å²) in [6, 6.07) is 0.652. The summed E-state index contributed by atoms with van der Waals surface area (Å²) >= 11 is 0. The summed E-state index contributed by atoms with van der Waals surface area (Å²) in [6.45, 7) is 12.8. The minimum Gasteiger partial charge on any atom is -0.376 e. The van der Waals surface area contributed by atoms with Crippen LogP contribution >= 0.6 is 0 Å². The minimum absolute atomic E-state index is 0.0199. The molecule has 0 radical (unpaired) electrons. The van der Waals surface area contributed by atoms with E-state index in [9.17, 15) is 0 Å². The number of hydrogen-bond donors (Lipinski definition) is 1. The predicted octanol–water partition coefficient (Wildman–Crippen LogP) is 3.36. The van der Waals surface area contributed by atoms with Crippen LogP contribution in [0.15, 0.2) is 0 Å². The molecule has 0 aromatic rings. The van der Waals surface area contributed by atoms with Crippen molar-refractivity contribution in [3.8, 4) is 0 Å². The highest BCUT2D eigenvalue weighted by molar-refractivity contribution is 4.61. The number of rotatable bonds is 8. The molecule has 0 spiro atoms. The Balaban J connectivity index is 3.23. The standard InChI is InChI=1S/C13H29NO/c1-6-10-14-12(2)9-7-8-11-15-13(3,4)5/h12,14H,6-11H2,1-5H3. The molecule has 0 aromatic carbocycles. The Labute approximate surface area is 95.8 Å². The second-order valence-electron chi connectivity index (χ2n) is 5.31. The Morgan fingerprint density at radius 3 is 2.40 bits per heavy atom. The number of hydrogen-bond acceptors (Lipinski definition) is 2. The van der Waals surface area contributed by atoms with Crippen LogP contribution in [-0.2, 0) is 4.74 Å². The Kier molecular flexibility index (Phi) is 8.07. The molecule has 0 aliphatic carbocycles. The average Bonchev–Trinajstić information content (AvgIpc) is 2.12. The number of unbranched alkanes of at least 4 members (excludes halogenated alkanes) is 1. The Bertz CT molecular complexity index is 140. The van der Waals surface area contributed by atoms with E-state index in [2.05, 4.69) is 39.9 Å². The molecule has 1 atom stereocenters. The smallest absolute Gasteiger partial charge is 0.0598 e. The third-order valence-corrected chi connectivity index (χ3v) is 2.31. The molecular weight excluding hydrogens is 186 g/mol. The van der Waals surface area contributed by atoms with Crippen molar-refractivity contribution in [2.24, 2.45) is 0 Å².